The van der Waals surface area contributed by atoms with E-state index in [1.807, 2.05) is 30.3 Å². The Morgan fingerprint density at radius 1 is 1.04 bits per heavy atom. The Kier molecular flexibility index (Phi) is 12.1. The lowest BCUT2D eigenvalue weighted by atomic mass is 10.1. The van der Waals surface area contributed by atoms with Crippen molar-refractivity contribution in [3.8, 4) is 11.6 Å². The molecule has 11 nitrogen and oxygen atoms in total. The predicted molar refractivity (Wildman–Crippen MR) is 159 cm³/mol. The smallest absolute Gasteiger partial charge is 0.419 e. The summed E-state index contributed by atoms with van der Waals surface area (Å²) in [5, 5.41) is 18.4. The van der Waals surface area contributed by atoms with E-state index in [2.05, 4.69) is 20.5 Å². The van der Waals surface area contributed by atoms with E-state index in [1.54, 1.807) is 27.7 Å². The lowest BCUT2D eigenvalue weighted by molar-refractivity contribution is -0.140. The summed E-state index contributed by atoms with van der Waals surface area (Å²) in [6.45, 7) is 6.62. The largest absolute Gasteiger partial charge is 0.444 e. The van der Waals surface area contributed by atoms with Crippen LogP contribution in [0.5, 0.6) is 0 Å². The number of aliphatic hydroxyl groups excluding tert-OH is 1. The summed E-state index contributed by atoms with van der Waals surface area (Å²) in [7, 11) is -4.50. The first-order chi connectivity index (χ1) is 20.9. The summed E-state index contributed by atoms with van der Waals surface area (Å²) < 4.78 is 83.7. The molecule has 0 aliphatic heterocycles. The Bertz CT molecular complexity index is 1520. The number of halogens is 3. The minimum absolute atomic E-state index is 0.00395. The fourth-order valence-electron chi connectivity index (χ4n) is 4.29. The number of rotatable bonds is 14. The maximum atomic E-state index is 13.9. The average Bonchev–Trinajstić information content (AvgIpc) is 3.40. The zero-order chi connectivity index (χ0) is 33.4. The molecule has 1 unspecified atom stereocenters. The van der Waals surface area contributed by atoms with Crippen molar-refractivity contribution in [1.29, 1.82) is 0 Å². The van der Waals surface area contributed by atoms with Crippen LogP contribution in [0.4, 0.5) is 23.7 Å². The highest BCUT2D eigenvalue weighted by Crippen LogP contribution is 2.39. The average molecular weight is 657 g/mol. The fourth-order valence-corrected chi connectivity index (χ4v) is 5.12. The first kappa shape index (κ1) is 35.9. The van der Waals surface area contributed by atoms with Crippen molar-refractivity contribution in [2.24, 2.45) is 0 Å². The normalized spacial score (nSPS) is 13.8. The second-order valence-electron chi connectivity index (χ2n) is 11.7. The first-order valence-electron chi connectivity index (χ1n) is 14.4. The number of nitrogens with one attached hydrogen (secondary N) is 1. The molecule has 0 bridgehead atoms. The lowest BCUT2D eigenvalue weighted by Gasteiger charge is -2.21. The van der Waals surface area contributed by atoms with Crippen LogP contribution in [-0.4, -0.2) is 52.8 Å². The molecular weight excluding hydrogens is 617 g/mol. The molecule has 0 aliphatic carbocycles. The van der Waals surface area contributed by atoms with Gasteiger partial charge in [-0.3, -0.25) is 5.32 Å². The summed E-state index contributed by atoms with van der Waals surface area (Å²) in [5.41, 5.74) is -2.73. The van der Waals surface area contributed by atoms with E-state index >= 15 is 0 Å². The summed E-state index contributed by atoms with van der Waals surface area (Å²) >= 11 is 0. The second kappa shape index (κ2) is 15.1. The van der Waals surface area contributed by atoms with Crippen molar-refractivity contribution < 1.29 is 45.4 Å². The molecule has 2 aromatic heterocycles. The standard InChI is InChI=1S/C30H39F3N4O7S/c1-19(38)13-9-6-7-12-16-23(42-18-20-14-10-8-11-15-20)25-36-37-26(43-25)24-22(34-28(39)44-29(2,3)4)17-21(30(31,32)33)27(35-24)45(5,40)41/h8,10-11,14-15,17,19,23,38H,6-7,9,12-13,16,18H2,1-5H3,(H,34,39)/t19?,23-/m1/s1. The number of aromatic nitrogens is 3. The Labute approximate surface area is 260 Å². The maximum absolute atomic E-state index is 13.9. The van der Waals surface area contributed by atoms with Crippen LogP contribution in [0.2, 0.25) is 0 Å². The number of aliphatic hydroxyl groups is 1. The van der Waals surface area contributed by atoms with Gasteiger partial charge in [0, 0.05) is 6.26 Å². The quantitative estimate of drug-likeness (QED) is 0.176. The molecule has 0 spiro atoms. The van der Waals surface area contributed by atoms with Gasteiger partial charge in [-0.15, -0.1) is 10.2 Å². The molecule has 2 N–H and O–H groups in total. The van der Waals surface area contributed by atoms with Gasteiger partial charge in [-0.1, -0.05) is 56.0 Å². The Morgan fingerprint density at radius 3 is 2.27 bits per heavy atom. The SMILES string of the molecule is CC(O)CCCCCC[C@@H](OCc1ccccc1)c1nnc(-c2nc(S(C)(=O)=O)c(C(F)(F)F)cc2NC(=O)OC(C)(C)C)o1. The first-order valence-corrected chi connectivity index (χ1v) is 16.3. The molecule has 0 saturated carbocycles. The number of hydrogen-bond acceptors (Lipinski definition) is 10. The molecule has 0 saturated heterocycles. The van der Waals surface area contributed by atoms with Gasteiger partial charge in [-0.25, -0.2) is 18.2 Å². The van der Waals surface area contributed by atoms with Gasteiger partial charge in [0.1, 0.15) is 11.7 Å². The Morgan fingerprint density at radius 2 is 1.69 bits per heavy atom. The number of carbonyl (C=O) groups excluding carboxylic acids is 1. The van der Waals surface area contributed by atoms with Gasteiger partial charge in [0.2, 0.25) is 5.89 Å². The topological polar surface area (TPSA) is 154 Å². The van der Waals surface area contributed by atoms with E-state index in [4.69, 9.17) is 13.9 Å². The number of amides is 1. The lowest BCUT2D eigenvalue weighted by Crippen LogP contribution is -2.28. The van der Waals surface area contributed by atoms with Gasteiger partial charge in [0.05, 0.1) is 24.0 Å². The van der Waals surface area contributed by atoms with E-state index in [-0.39, 0.29) is 18.6 Å². The summed E-state index contributed by atoms with van der Waals surface area (Å²) in [4.78, 5) is 16.3. The number of pyridine rings is 1. The third-order valence-corrected chi connectivity index (χ3v) is 7.34. The van der Waals surface area contributed by atoms with E-state index in [9.17, 15) is 31.5 Å². The van der Waals surface area contributed by atoms with Crippen LogP contribution < -0.4 is 5.32 Å². The van der Waals surface area contributed by atoms with Crippen molar-refractivity contribution in [2.45, 2.75) is 102 Å². The molecule has 3 rings (SSSR count). The molecule has 15 heteroatoms. The molecule has 45 heavy (non-hydrogen) atoms. The van der Waals surface area contributed by atoms with Crippen LogP contribution in [0.15, 0.2) is 45.8 Å². The highest BCUT2D eigenvalue weighted by atomic mass is 32.2. The van der Waals surface area contributed by atoms with Gasteiger partial charge in [-0.05, 0) is 52.2 Å². The highest BCUT2D eigenvalue weighted by molar-refractivity contribution is 7.90. The number of nitrogens with zero attached hydrogens (tertiary/aromatic N) is 3. The number of hydrogen-bond donors (Lipinski definition) is 2. The zero-order valence-corrected chi connectivity index (χ0v) is 26.7. The van der Waals surface area contributed by atoms with Gasteiger partial charge < -0.3 is 19.0 Å². The molecule has 2 atom stereocenters. The van der Waals surface area contributed by atoms with Crippen molar-refractivity contribution in [3.63, 3.8) is 0 Å². The van der Waals surface area contributed by atoms with Crippen LogP contribution in [0.1, 0.15) is 89.3 Å². The molecule has 0 fully saturated rings. The molecule has 248 valence electrons. The van der Waals surface area contributed by atoms with Crippen molar-refractivity contribution in [1.82, 2.24) is 15.2 Å². The van der Waals surface area contributed by atoms with Crippen LogP contribution in [0.25, 0.3) is 11.6 Å². The number of unbranched alkanes of at least 4 members (excludes halogenated alkanes) is 3. The van der Waals surface area contributed by atoms with Crippen LogP contribution in [0.3, 0.4) is 0 Å². The van der Waals surface area contributed by atoms with E-state index in [1.165, 1.54) is 0 Å². The Balaban J connectivity index is 1.99. The van der Waals surface area contributed by atoms with E-state index in [0.29, 0.717) is 31.6 Å². The van der Waals surface area contributed by atoms with Crippen molar-refractivity contribution in [3.05, 3.63) is 53.4 Å². The van der Waals surface area contributed by atoms with Gasteiger partial charge in [0.25, 0.3) is 5.89 Å². The van der Waals surface area contributed by atoms with Crippen molar-refractivity contribution >= 4 is 21.6 Å². The number of benzene rings is 1. The number of carbonyl (C=O) groups is 1. The van der Waals surface area contributed by atoms with Crippen molar-refractivity contribution in [2.75, 3.05) is 11.6 Å². The van der Waals surface area contributed by atoms with Crippen LogP contribution in [0, 0.1) is 0 Å². The molecule has 3 aromatic rings. The molecule has 1 aromatic carbocycles. The highest BCUT2D eigenvalue weighted by Gasteiger charge is 2.39. The number of sulfone groups is 1. The molecule has 1 amide bonds. The monoisotopic (exact) mass is 656 g/mol. The van der Waals surface area contributed by atoms with Crippen LogP contribution >= 0.6 is 0 Å². The van der Waals surface area contributed by atoms with Gasteiger partial charge in [0.15, 0.2) is 20.6 Å². The van der Waals surface area contributed by atoms with E-state index in [0.717, 1.165) is 24.8 Å². The summed E-state index contributed by atoms with van der Waals surface area (Å²) in [6.07, 6.45) is -2.30. The molecule has 2 heterocycles. The predicted octanol–water partition coefficient (Wildman–Crippen LogP) is 6.88. The number of alkyl halides is 3. The third kappa shape index (κ3) is 11.4. The van der Waals surface area contributed by atoms with E-state index < -0.39 is 61.7 Å². The van der Waals surface area contributed by atoms with Crippen LogP contribution in [-0.2, 0) is 32.1 Å². The molecule has 0 aliphatic rings. The number of anilines is 1. The molecular formula is C30H39F3N4O7S. The Hall–Kier alpha value is -3.56. The summed E-state index contributed by atoms with van der Waals surface area (Å²) in [6, 6.07) is 9.77. The minimum atomic E-state index is -5.13. The van der Waals surface area contributed by atoms with Gasteiger partial charge in [-0.2, -0.15) is 13.2 Å². The number of ether oxygens (including phenoxy) is 2. The van der Waals surface area contributed by atoms with Gasteiger partial charge >= 0.3 is 12.3 Å². The summed E-state index contributed by atoms with van der Waals surface area (Å²) in [5.74, 6) is -0.435. The third-order valence-electron chi connectivity index (χ3n) is 6.33. The minimum Gasteiger partial charge on any atom is -0.444 e. The fraction of sp³-hybridized carbons (Fsp3) is 0.533. The maximum Gasteiger partial charge on any atom is 0.419 e. The second-order valence-corrected chi connectivity index (χ2v) is 13.6. The zero-order valence-electron chi connectivity index (χ0n) is 25.8. The molecule has 0 radical (unpaired) electrons.